The topological polar surface area (TPSA) is 58.2 Å². The van der Waals surface area contributed by atoms with Gasteiger partial charge in [-0.05, 0) is 81.0 Å². The fraction of sp³-hybridized carbons (Fsp3) is 0.409. The van der Waals surface area contributed by atoms with Crippen LogP contribution in [0.5, 0.6) is 0 Å². The highest BCUT2D eigenvalue weighted by Crippen LogP contribution is 2.44. The van der Waals surface area contributed by atoms with Crippen molar-refractivity contribution in [2.45, 2.75) is 119 Å². The first-order valence-electron chi connectivity index (χ1n) is 17.9. The molecule has 0 bridgehead atoms. The summed E-state index contributed by atoms with van der Waals surface area (Å²) in [6.45, 7) is 26.6. The molecule has 0 amide bonds. The Bertz CT molecular complexity index is 1680. The fourth-order valence-corrected chi connectivity index (χ4v) is 6.90. The third-order valence-corrected chi connectivity index (χ3v) is 9.86. The van der Waals surface area contributed by atoms with Crippen LogP contribution < -0.4 is 10.6 Å². The highest BCUT2D eigenvalue weighted by atomic mass is 16.1. The van der Waals surface area contributed by atoms with E-state index in [9.17, 15) is 9.59 Å². The van der Waals surface area contributed by atoms with Gasteiger partial charge in [-0.1, -0.05) is 132 Å². The second-order valence-corrected chi connectivity index (χ2v) is 15.4. The van der Waals surface area contributed by atoms with Gasteiger partial charge in [0, 0.05) is 22.5 Å². The lowest BCUT2D eigenvalue weighted by Crippen LogP contribution is -2.24. The summed E-state index contributed by atoms with van der Waals surface area (Å²) in [4.78, 5) is 29.0. The standard InChI is InChI=1S/C44H54N2O2/c1-23(2)29-19-33(25(5)6)41(34(20-29)26(7)8)45-37-17-18-38(40-39(37)43(47)31-15-13-14-16-32(31)44(40)48)46-42-35(27(9)10)21-30(24(3)4)22-36(42)28(11)12/h13-28,45-46H,1-12H3. The Morgan fingerprint density at radius 1 is 0.417 bits per heavy atom. The maximum Gasteiger partial charge on any atom is 0.196 e. The number of hydrogen-bond donors (Lipinski definition) is 2. The number of carbonyl (C=O) groups excluding carboxylic acids is 2. The van der Waals surface area contributed by atoms with Crippen LogP contribution in [0.3, 0.4) is 0 Å². The van der Waals surface area contributed by atoms with Crippen LogP contribution in [0.2, 0.25) is 0 Å². The molecule has 1 aliphatic carbocycles. The lowest BCUT2D eigenvalue weighted by atomic mass is 9.81. The van der Waals surface area contributed by atoms with Crippen LogP contribution in [-0.2, 0) is 0 Å². The summed E-state index contributed by atoms with van der Waals surface area (Å²) in [6, 6.07) is 20.4. The van der Waals surface area contributed by atoms with Crippen molar-refractivity contribution >= 4 is 34.3 Å². The van der Waals surface area contributed by atoms with Crippen molar-refractivity contribution in [1.29, 1.82) is 0 Å². The van der Waals surface area contributed by atoms with E-state index in [-0.39, 0.29) is 35.2 Å². The van der Waals surface area contributed by atoms with Gasteiger partial charge in [-0.25, -0.2) is 0 Å². The summed E-state index contributed by atoms with van der Waals surface area (Å²) >= 11 is 0. The first-order valence-corrected chi connectivity index (χ1v) is 17.9. The van der Waals surface area contributed by atoms with E-state index in [0.717, 1.165) is 11.4 Å². The number of hydrogen-bond acceptors (Lipinski definition) is 4. The molecule has 0 saturated heterocycles. The van der Waals surface area contributed by atoms with Crippen LogP contribution in [0, 0.1) is 0 Å². The molecule has 0 saturated carbocycles. The minimum absolute atomic E-state index is 0.134. The van der Waals surface area contributed by atoms with Gasteiger partial charge >= 0.3 is 0 Å². The monoisotopic (exact) mass is 642 g/mol. The SMILES string of the molecule is CC(C)c1cc(C(C)C)c(Nc2ccc(Nc3c(C(C)C)cc(C(C)C)cc3C(C)C)c3c2C(=O)c2ccccc2C3=O)c(C(C)C)c1. The molecule has 0 spiro atoms. The van der Waals surface area contributed by atoms with Gasteiger partial charge in [-0.15, -0.1) is 0 Å². The molecule has 4 nitrogen and oxygen atoms in total. The maximum atomic E-state index is 14.5. The van der Waals surface area contributed by atoms with Crippen molar-refractivity contribution in [3.8, 4) is 0 Å². The van der Waals surface area contributed by atoms with E-state index >= 15 is 0 Å². The van der Waals surface area contributed by atoms with Crippen LogP contribution in [0.4, 0.5) is 22.7 Å². The fourth-order valence-electron chi connectivity index (χ4n) is 6.90. The quantitative estimate of drug-likeness (QED) is 0.159. The van der Waals surface area contributed by atoms with Gasteiger partial charge < -0.3 is 10.6 Å². The third kappa shape index (κ3) is 6.46. The van der Waals surface area contributed by atoms with Gasteiger partial charge in [-0.2, -0.15) is 0 Å². The molecule has 48 heavy (non-hydrogen) atoms. The molecule has 4 aromatic rings. The maximum absolute atomic E-state index is 14.5. The molecule has 252 valence electrons. The van der Waals surface area contributed by atoms with Gasteiger partial charge in [0.1, 0.15) is 0 Å². The zero-order valence-electron chi connectivity index (χ0n) is 31.1. The minimum Gasteiger partial charge on any atom is -0.354 e. The third-order valence-electron chi connectivity index (χ3n) is 9.86. The zero-order chi connectivity index (χ0) is 35.2. The van der Waals surface area contributed by atoms with E-state index in [2.05, 4.69) is 118 Å². The van der Waals surface area contributed by atoms with E-state index in [4.69, 9.17) is 0 Å². The summed E-state index contributed by atoms with van der Waals surface area (Å²) < 4.78 is 0. The summed E-state index contributed by atoms with van der Waals surface area (Å²) in [5, 5.41) is 7.50. The number of fused-ring (bicyclic) bond motifs is 2. The summed E-state index contributed by atoms with van der Waals surface area (Å²) in [5.74, 6) is 1.56. The molecule has 0 unspecified atom stereocenters. The van der Waals surface area contributed by atoms with E-state index in [1.54, 1.807) is 12.1 Å². The van der Waals surface area contributed by atoms with Crippen molar-refractivity contribution in [3.63, 3.8) is 0 Å². The highest BCUT2D eigenvalue weighted by Gasteiger charge is 2.35. The van der Waals surface area contributed by atoms with Crippen molar-refractivity contribution in [2.24, 2.45) is 0 Å². The van der Waals surface area contributed by atoms with Crippen molar-refractivity contribution in [1.82, 2.24) is 0 Å². The van der Waals surface area contributed by atoms with Crippen LogP contribution in [0.15, 0.2) is 60.7 Å². The minimum atomic E-state index is -0.134. The number of benzene rings is 4. The lowest BCUT2D eigenvalue weighted by molar-refractivity contribution is 0.0980. The predicted molar refractivity (Wildman–Crippen MR) is 204 cm³/mol. The van der Waals surface area contributed by atoms with E-state index in [1.165, 1.54) is 33.4 Å². The van der Waals surface area contributed by atoms with Gasteiger partial charge in [0.2, 0.25) is 0 Å². The Morgan fingerprint density at radius 2 is 0.708 bits per heavy atom. The number of carbonyl (C=O) groups is 2. The van der Waals surface area contributed by atoms with Crippen LogP contribution in [-0.4, -0.2) is 11.6 Å². The lowest BCUT2D eigenvalue weighted by Gasteiger charge is -2.28. The molecule has 0 fully saturated rings. The second-order valence-electron chi connectivity index (χ2n) is 15.4. The zero-order valence-corrected chi connectivity index (χ0v) is 31.1. The van der Waals surface area contributed by atoms with Crippen molar-refractivity contribution in [3.05, 3.63) is 116 Å². The molecular formula is C44H54N2O2. The molecule has 0 aliphatic heterocycles. The second kappa shape index (κ2) is 13.7. The van der Waals surface area contributed by atoms with E-state index in [1.807, 2.05) is 24.3 Å². The predicted octanol–water partition coefficient (Wildman–Crippen LogP) is 12.7. The molecule has 0 heterocycles. The van der Waals surface area contributed by atoms with Crippen LogP contribution in [0.25, 0.3) is 0 Å². The Balaban J connectivity index is 1.77. The normalized spacial score (nSPS) is 13.0. The molecular weight excluding hydrogens is 588 g/mol. The van der Waals surface area contributed by atoms with E-state index in [0.29, 0.717) is 45.5 Å². The molecule has 0 radical (unpaired) electrons. The first kappa shape index (κ1) is 35.1. The van der Waals surface area contributed by atoms with Gasteiger partial charge in [0.25, 0.3) is 0 Å². The number of anilines is 4. The number of rotatable bonds is 10. The molecule has 5 rings (SSSR count). The van der Waals surface area contributed by atoms with Crippen molar-refractivity contribution in [2.75, 3.05) is 10.6 Å². The number of ketones is 2. The Morgan fingerprint density at radius 3 is 0.958 bits per heavy atom. The summed E-state index contributed by atoms with van der Waals surface area (Å²) in [7, 11) is 0. The molecule has 0 atom stereocenters. The Hall–Kier alpha value is -4.18. The van der Waals surface area contributed by atoms with E-state index < -0.39 is 0 Å². The summed E-state index contributed by atoms with van der Waals surface area (Å²) in [6.07, 6.45) is 0. The first-order chi connectivity index (χ1) is 22.6. The van der Waals surface area contributed by atoms with Crippen LogP contribution in [0.1, 0.15) is 184 Å². The van der Waals surface area contributed by atoms with Gasteiger partial charge in [0.05, 0.1) is 22.5 Å². The molecule has 0 aromatic heterocycles. The Labute approximate surface area is 288 Å². The largest absolute Gasteiger partial charge is 0.354 e. The molecule has 2 N–H and O–H groups in total. The van der Waals surface area contributed by atoms with Crippen LogP contribution >= 0.6 is 0 Å². The molecule has 4 heteroatoms. The van der Waals surface area contributed by atoms with Gasteiger partial charge in [0.15, 0.2) is 11.6 Å². The smallest absolute Gasteiger partial charge is 0.196 e. The number of nitrogens with one attached hydrogen (secondary N) is 2. The van der Waals surface area contributed by atoms with Crippen molar-refractivity contribution < 1.29 is 9.59 Å². The highest BCUT2D eigenvalue weighted by molar-refractivity contribution is 6.32. The molecule has 1 aliphatic rings. The summed E-state index contributed by atoms with van der Waals surface area (Å²) in [5.41, 5.74) is 12.6. The average molecular weight is 643 g/mol. The average Bonchev–Trinajstić information content (AvgIpc) is 3.03. The Kier molecular flexibility index (Phi) is 10.1. The molecule has 4 aromatic carbocycles. The van der Waals surface area contributed by atoms with Gasteiger partial charge in [-0.3, -0.25) is 9.59 Å².